The zero-order valence-corrected chi connectivity index (χ0v) is 7.01. The van der Waals surface area contributed by atoms with Gasteiger partial charge < -0.3 is 0 Å². The topological polar surface area (TPSA) is 0 Å². The fraction of sp³-hybridized carbons (Fsp3) is 0.636. The first-order chi connectivity index (χ1) is 5.36. The quantitative estimate of drug-likeness (QED) is 0.461. The zero-order chi connectivity index (χ0) is 7.42. The summed E-state index contributed by atoms with van der Waals surface area (Å²) >= 11 is 0. The van der Waals surface area contributed by atoms with Crippen LogP contribution in [-0.4, -0.2) is 0 Å². The number of rotatable bonds is 0. The van der Waals surface area contributed by atoms with Gasteiger partial charge in [0, 0.05) is 5.92 Å². The highest BCUT2D eigenvalue weighted by atomic mass is 14.5. The van der Waals surface area contributed by atoms with Crippen molar-refractivity contribution in [3.05, 3.63) is 23.3 Å². The third kappa shape index (κ3) is 0.610. The van der Waals surface area contributed by atoms with Crippen molar-refractivity contribution in [1.82, 2.24) is 0 Å². The maximum atomic E-state index is 2.54. The summed E-state index contributed by atoms with van der Waals surface area (Å²) in [5.41, 5.74) is 3.54. The van der Waals surface area contributed by atoms with E-state index in [1.54, 1.807) is 11.1 Å². The average Bonchev–Trinajstić information content (AvgIpc) is 2.53. The molecule has 0 bridgehead atoms. The van der Waals surface area contributed by atoms with Crippen LogP contribution in [0.4, 0.5) is 0 Å². The monoisotopic (exact) mass is 146 g/mol. The second-order valence-electron chi connectivity index (χ2n) is 4.26. The molecule has 0 saturated heterocycles. The highest BCUT2D eigenvalue weighted by Gasteiger charge is 2.42. The van der Waals surface area contributed by atoms with Gasteiger partial charge in [0.15, 0.2) is 0 Å². The summed E-state index contributed by atoms with van der Waals surface area (Å²) in [6.07, 6.45) is 9.15. The maximum absolute atomic E-state index is 2.54. The summed E-state index contributed by atoms with van der Waals surface area (Å²) < 4.78 is 0. The van der Waals surface area contributed by atoms with Gasteiger partial charge in [-0.3, -0.25) is 0 Å². The summed E-state index contributed by atoms with van der Waals surface area (Å²) in [7, 11) is 0. The number of hydrogen-bond acceptors (Lipinski definition) is 0. The van der Waals surface area contributed by atoms with E-state index in [1.165, 1.54) is 19.3 Å². The molecule has 3 unspecified atom stereocenters. The van der Waals surface area contributed by atoms with Crippen LogP contribution in [0.1, 0.15) is 26.2 Å². The van der Waals surface area contributed by atoms with E-state index in [1.807, 2.05) is 0 Å². The number of hydrogen-bond donors (Lipinski definition) is 0. The molecule has 3 rings (SSSR count). The first kappa shape index (κ1) is 6.05. The Morgan fingerprint density at radius 2 is 2.09 bits per heavy atom. The Balaban J connectivity index is 2.10. The van der Waals surface area contributed by atoms with Crippen molar-refractivity contribution in [3.8, 4) is 0 Å². The van der Waals surface area contributed by atoms with E-state index in [0.29, 0.717) is 0 Å². The molecule has 3 aliphatic rings. The van der Waals surface area contributed by atoms with Crippen molar-refractivity contribution in [2.45, 2.75) is 26.2 Å². The highest BCUT2D eigenvalue weighted by molar-refractivity contribution is 5.38. The Morgan fingerprint density at radius 1 is 1.27 bits per heavy atom. The van der Waals surface area contributed by atoms with Crippen molar-refractivity contribution in [1.29, 1.82) is 0 Å². The molecule has 0 aromatic rings. The summed E-state index contributed by atoms with van der Waals surface area (Å²) in [4.78, 5) is 0. The van der Waals surface area contributed by atoms with Gasteiger partial charge in [0.05, 0.1) is 0 Å². The maximum Gasteiger partial charge on any atom is 0.00440 e. The van der Waals surface area contributed by atoms with Gasteiger partial charge in [-0.25, -0.2) is 0 Å². The van der Waals surface area contributed by atoms with Crippen LogP contribution in [0.25, 0.3) is 0 Å². The van der Waals surface area contributed by atoms with Crippen molar-refractivity contribution < 1.29 is 0 Å². The molecule has 3 aliphatic carbocycles. The van der Waals surface area contributed by atoms with Gasteiger partial charge in [-0.2, -0.15) is 0 Å². The standard InChI is InChI=1S/C11H14/c1-7-6-9-3-2-8-4-5-10(7)11(8)9/h4,6-7,10-11H,2-3,5H2,1H3. The lowest BCUT2D eigenvalue weighted by Gasteiger charge is -2.14. The van der Waals surface area contributed by atoms with Gasteiger partial charge in [-0.1, -0.05) is 30.2 Å². The Morgan fingerprint density at radius 3 is 3.00 bits per heavy atom. The molecule has 0 radical (unpaired) electrons. The van der Waals surface area contributed by atoms with Gasteiger partial charge in [0.2, 0.25) is 0 Å². The van der Waals surface area contributed by atoms with Crippen LogP contribution in [-0.2, 0) is 0 Å². The fourth-order valence-electron chi connectivity index (χ4n) is 3.21. The fourth-order valence-corrected chi connectivity index (χ4v) is 3.21. The first-order valence-corrected chi connectivity index (χ1v) is 4.76. The van der Waals surface area contributed by atoms with E-state index in [4.69, 9.17) is 0 Å². The minimum absolute atomic E-state index is 0.865. The molecular formula is C11H14. The van der Waals surface area contributed by atoms with E-state index in [2.05, 4.69) is 19.1 Å². The molecule has 0 nitrogen and oxygen atoms in total. The van der Waals surface area contributed by atoms with Crippen LogP contribution in [0.15, 0.2) is 23.3 Å². The smallest absolute Gasteiger partial charge is 0.00440 e. The van der Waals surface area contributed by atoms with E-state index in [-0.39, 0.29) is 0 Å². The van der Waals surface area contributed by atoms with Crippen LogP contribution in [0, 0.1) is 17.8 Å². The predicted molar refractivity (Wildman–Crippen MR) is 46.2 cm³/mol. The molecule has 0 aromatic carbocycles. The van der Waals surface area contributed by atoms with Crippen LogP contribution < -0.4 is 0 Å². The van der Waals surface area contributed by atoms with E-state index in [0.717, 1.165) is 17.8 Å². The molecule has 0 spiro atoms. The van der Waals surface area contributed by atoms with Crippen molar-refractivity contribution in [3.63, 3.8) is 0 Å². The second-order valence-corrected chi connectivity index (χ2v) is 4.26. The molecule has 11 heavy (non-hydrogen) atoms. The molecule has 0 aromatic heterocycles. The van der Waals surface area contributed by atoms with Crippen LogP contribution in [0.5, 0.6) is 0 Å². The van der Waals surface area contributed by atoms with E-state index in [9.17, 15) is 0 Å². The summed E-state index contributed by atoms with van der Waals surface area (Å²) in [6.45, 7) is 2.38. The lowest BCUT2D eigenvalue weighted by atomic mass is 9.89. The molecule has 0 heterocycles. The van der Waals surface area contributed by atoms with Gasteiger partial charge >= 0.3 is 0 Å². The molecule has 0 aliphatic heterocycles. The van der Waals surface area contributed by atoms with Gasteiger partial charge in [-0.05, 0) is 31.1 Å². The lowest BCUT2D eigenvalue weighted by Crippen LogP contribution is -2.08. The minimum atomic E-state index is 0.865. The van der Waals surface area contributed by atoms with Crippen molar-refractivity contribution in [2.24, 2.45) is 17.8 Å². The van der Waals surface area contributed by atoms with Gasteiger partial charge in [-0.15, -0.1) is 0 Å². The largest absolute Gasteiger partial charge is 0.0844 e. The molecular weight excluding hydrogens is 132 g/mol. The van der Waals surface area contributed by atoms with E-state index < -0.39 is 0 Å². The van der Waals surface area contributed by atoms with Gasteiger partial charge in [0.25, 0.3) is 0 Å². The zero-order valence-electron chi connectivity index (χ0n) is 7.01. The molecule has 1 saturated carbocycles. The summed E-state index contributed by atoms with van der Waals surface area (Å²) in [5, 5.41) is 0. The molecule has 0 heteroatoms. The molecule has 58 valence electrons. The Bertz CT molecular complexity index is 257. The summed E-state index contributed by atoms with van der Waals surface area (Å²) in [5.74, 6) is 2.76. The van der Waals surface area contributed by atoms with Crippen molar-refractivity contribution >= 4 is 0 Å². The third-order valence-corrected chi connectivity index (χ3v) is 3.73. The first-order valence-electron chi connectivity index (χ1n) is 4.76. The Hall–Kier alpha value is -0.520. The minimum Gasteiger partial charge on any atom is -0.0844 e. The number of allylic oxidation sites excluding steroid dienone is 4. The van der Waals surface area contributed by atoms with Crippen LogP contribution in [0.2, 0.25) is 0 Å². The molecule has 0 N–H and O–H groups in total. The molecule has 1 fully saturated rings. The van der Waals surface area contributed by atoms with Crippen molar-refractivity contribution in [2.75, 3.05) is 0 Å². The normalized spacial score (nSPS) is 45.7. The average molecular weight is 146 g/mol. The van der Waals surface area contributed by atoms with E-state index >= 15 is 0 Å². The second kappa shape index (κ2) is 1.80. The summed E-state index contributed by atoms with van der Waals surface area (Å²) in [6, 6.07) is 0. The predicted octanol–water partition coefficient (Wildman–Crippen LogP) is 2.92. The van der Waals surface area contributed by atoms with Gasteiger partial charge in [0.1, 0.15) is 0 Å². The lowest BCUT2D eigenvalue weighted by molar-refractivity contribution is 0.412. The molecule has 0 amide bonds. The van der Waals surface area contributed by atoms with Crippen LogP contribution >= 0.6 is 0 Å². The third-order valence-electron chi connectivity index (χ3n) is 3.73. The highest BCUT2D eigenvalue weighted by Crippen LogP contribution is 2.54. The SMILES string of the molecule is CC1C=C2CCC3=CCC1C32. The molecule has 3 atom stereocenters. The van der Waals surface area contributed by atoms with Crippen LogP contribution in [0.3, 0.4) is 0 Å². The Labute approximate surface area is 68.0 Å². The Kier molecular flexibility index (Phi) is 0.988.